The van der Waals surface area contributed by atoms with E-state index in [2.05, 4.69) is 39.6 Å². The van der Waals surface area contributed by atoms with Crippen LogP contribution in [0.5, 0.6) is 5.75 Å². The second kappa shape index (κ2) is 10.8. The number of nitriles is 1. The van der Waals surface area contributed by atoms with Gasteiger partial charge in [0.05, 0.1) is 23.5 Å². The second-order valence-electron chi connectivity index (χ2n) is 9.36. The van der Waals surface area contributed by atoms with E-state index >= 15 is 0 Å². The van der Waals surface area contributed by atoms with Crippen LogP contribution >= 0.6 is 0 Å². The molecule has 0 amide bonds. The van der Waals surface area contributed by atoms with Crippen molar-refractivity contribution in [1.29, 1.82) is 5.26 Å². The highest BCUT2D eigenvalue weighted by molar-refractivity contribution is 5.88. The number of nitrogens with zero attached hydrogens (tertiary/aromatic N) is 6. The van der Waals surface area contributed by atoms with Crippen molar-refractivity contribution in [3.63, 3.8) is 0 Å². The van der Waals surface area contributed by atoms with Crippen molar-refractivity contribution >= 4 is 16.7 Å². The van der Waals surface area contributed by atoms with Crippen LogP contribution in [-0.4, -0.2) is 51.0 Å². The number of aromatic nitrogens is 3. The fourth-order valence-corrected chi connectivity index (χ4v) is 5.30. The molecule has 3 heterocycles. The van der Waals surface area contributed by atoms with Gasteiger partial charge >= 0.3 is 6.61 Å². The number of hydrogen-bond acceptors (Lipinski definition) is 6. The zero-order valence-electron chi connectivity index (χ0n) is 21.4. The molecule has 0 unspecified atom stereocenters. The van der Waals surface area contributed by atoms with E-state index in [9.17, 15) is 18.0 Å². The highest BCUT2D eigenvalue weighted by Gasteiger charge is 2.37. The van der Waals surface area contributed by atoms with E-state index in [4.69, 9.17) is 5.26 Å². The van der Waals surface area contributed by atoms with Crippen molar-refractivity contribution in [1.82, 2.24) is 19.2 Å². The Morgan fingerprint density at radius 2 is 1.92 bits per heavy atom. The first-order chi connectivity index (χ1) is 17.7. The molecule has 4 rings (SSSR count). The summed E-state index contributed by atoms with van der Waals surface area (Å²) in [5.41, 5.74) is 2.35. The predicted molar refractivity (Wildman–Crippen MR) is 134 cm³/mol. The third-order valence-corrected chi connectivity index (χ3v) is 7.30. The summed E-state index contributed by atoms with van der Waals surface area (Å²) in [6.45, 7) is 4.22. The van der Waals surface area contributed by atoms with E-state index in [0.29, 0.717) is 29.7 Å². The molecule has 1 aliphatic heterocycles. The average Bonchev–Trinajstić information content (AvgIpc) is 3.29. The fraction of sp³-hybridized carbons (Fsp3) is 0.500. The van der Waals surface area contributed by atoms with Gasteiger partial charge in [0, 0.05) is 56.0 Å². The Labute approximate surface area is 213 Å². The highest BCUT2D eigenvalue weighted by atomic mass is 19.3. The van der Waals surface area contributed by atoms with Gasteiger partial charge < -0.3 is 14.2 Å². The van der Waals surface area contributed by atoms with Crippen LogP contribution < -0.4 is 15.2 Å². The summed E-state index contributed by atoms with van der Waals surface area (Å²) < 4.78 is 47.7. The van der Waals surface area contributed by atoms with E-state index in [-0.39, 0.29) is 36.0 Å². The van der Waals surface area contributed by atoms with Crippen LogP contribution in [0.15, 0.2) is 35.3 Å². The molecule has 1 aromatic carbocycles. The largest absolute Gasteiger partial charge is 0.434 e. The molecule has 198 valence electrons. The Hall–Kier alpha value is -3.52. The standard InChI is InChI=1S/C26H31F3N6O2/c1-5-18-14-35(21-12-24(36)32(4)22-15-33(10-9-30)31-25(21)22)19(6-2)13-34(18)16(3)20-8-7-17(27)11-23(20)37-26(28)29/h7-8,11-12,15-16,18-19,26H,5-6,10,13-14H2,1-4H3/t16-,18+,19-/m0/s1. The summed E-state index contributed by atoms with van der Waals surface area (Å²) in [5.74, 6) is -0.801. The summed E-state index contributed by atoms with van der Waals surface area (Å²) in [7, 11) is 1.68. The Morgan fingerprint density at radius 1 is 1.19 bits per heavy atom. The minimum Gasteiger partial charge on any atom is -0.434 e. The molecule has 0 N–H and O–H groups in total. The van der Waals surface area contributed by atoms with Gasteiger partial charge in [-0.3, -0.25) is 14.4 Å². The Morgan fingerprint density at radius 3 is 2.57 bits per heavy atom. The van der Waals surface area contributed by atoms with Crippen molar-refractivity contribution in [2.24, 2.45) is 7.05 Å². The van der Waals surface area contributed by atoms with Crippen molar-refractivity contribution in [2.75, 3.05) is 18.0 Å². The van der Waals surface area contributed by atoms with Crippen LogP contribution in [0.3, 0.4) is 0 Å². The first-order valence-electron chi connectivity index (χ1n) is 12.4. The zero-order chi connectivity index (χ0) is 26.9. The summed E-state index contributed by atoms with van der Waals surface area (Å²) in [5, 5.41) is 13.7. The summed E-state index contributed by atoms with van der Waals surface area (Å²) in [6, 6.07) is 7.14. The molecule has 0 radical (unpaired) electrons. The Kier molecular flexibility index (Phi) is 7.78. The lowest BCUT2D eigenvalue weighted by atomic mass is 9.96. The molecule has 8 nitrogen and oxygen atoms in total. The van der Waals surface area contributed by atoms with E-state index in [0.717, 1.165) is 24.6 Å². The summed E-state index contributed by atoms with van der Waals surface area (Å²) in [6.07, 6.45) is 3.23. The van der Waals surface area contributed by atoms with Gasteiger partial charge in [-0.1, -0.05) is 19.9 Å². The quantitative estimate of drug-likeness (QED) is 0.441. The number of benzene rings is 1. The van der Waals surface area contributed by atoms with Crippen molar-refractivity contribution in [3.05, 3.63) is 52.2 Å². The second-order valence-corrected chi connectivity index (χ2v) is 9.36. The smallest absolute Gasteiger partial charge is 0.387 e. The van der Waals surface area contributed by atoms with Gasteiger partial charge in [-0.25, -0.2) is 4.39 Å². The maximum atomic E-state index is 13.8. The molecule has 37 heavy (non-hydrogen) atoms. The Balaban J connectivity index is 1.72. The van der Waals surface area contributed by atoms with Crippen LogP contribution in [0.25, 0.3) is 11.0 Å². The van der Waals surface area contributed by atoms with Gasteiger partial charge in [-0.15, -0.1) is 0 Å². The third-order valence-electron chi connectivity index (χ3n) is 7.30. The number of rotatable bonds is 8. The number of pyridine rings is 1. The van der Waals surface area contributed by atoms with Crippen LogP contribution in [0.1, 0.15) is 45.2 Å². The first-order valence-corrected chi connectivity index (χ1v) is 12.4. The monoisotopic (exact) mass is 516 g/mol. The molecule has 0 aliphatic carbocycles. The summed E-state index contributed by atoms with van der Waals surface area (Å²) in [4.78, 5) is 17.3. The van der Waals surface area contributed by atoms with Crippen LogP contribution in [-0.2, 0) is 13.6 Å². The van der Waals surface area contributed by atoms with Gasteiger partial charge in [0.1, 0.15) is 23.6 Å². The lowest BCUT2D eigenvalue weighted by Gasteiger charge is -2.49. The molecule has 0 bridgehead atoms. The SMILES string of the molecule is CC[C@H]1CN([C@@H](C)c2ccc(F)cc2OC(F)F)[C@H](CC)CN1c1cc(=O)n(C)c2cn(CC#N)nc12. The minimum absolute atomic E-state index is 0.00147. The zero-order valence-corrected chi connectivity index (χ0v) is 21.4. The van der Waals surface area contributed by atoms with Crippen LogP contribution in [0.2, 0.25) is 0 Å². The lowest BCUT2D eigenvalue weighted by Crippen LogP contribution is -2.58. The van der Waals surface area contributed by atoms with E-state index in [1.54, 1.807) is 19.3 Å². The van der Waals surface area contributed by atoms with Crippen molar-refractivity contribution in [2.45, 2.75) is 64.9 Å². The third kappa shape index (κ3) is 5.16. The number of aryl methyl sites for hydroxylation is 1. The minimum atomic E-state index is -3.06. The number of ether oxygens (including phenoxy) is 1. The number of hydrogen-bond donors (Lipinski definition) is 0. The van der Waals surface area contributed by atoms with Gasteiger partial charge in [-0.2, -0.15) is 19.1 Å². The predicted octanol–water partition coefficient (Wildman–Crippen LogP) is 4.44. The molecule has 1 saturated heterocycles. The molecule has 1 fully saturated rings. The fourth-order valence-electron chi connectivity index (χ4n) is 5.30. The van der Waals surface area contributed by atoms with Crippen molar-refractivity contribution in [3.8, 4) is 11.8 Å². The molecule has 0 spiro atoms. The number of anilines is 1. The number of piperazine rings is 1. The van der Waals surface area contributed by atoms with Crippen LogP contribution in [0.4, 0.5) is 18.9 Å². The van der Waals surface area contributed by atoms with E-state index < -0.39 is 12.4 Å². The van der Waals surface area contributed by atoms with Crippen molar-refractivity contribution < 1.29 is 17.9 Å². The molecular weight excluding hydrogens is 485 g/mol. The normalized spacial score (nSPS) is 19.4. The molecule has 0 saturated carbocycles. The van der Waals surface area contributed by atoms with Gasteiger partial charge in [0.2, 0.25) is 0 Å². The van der Waals surface area contributed by atoms with Gasteiger partial charge in [0.15, 0.2) is 0 Å². The molecule has 1 aliphatic rings. The average molecular weight is 517 g/mol. The number of halogens is 3. The topological polar surface area (TPSA) is 79.3 Å². The summed E-state index contributed by atoms with van der Waals surface area (Å²) >= 11 is 0. The molecule has 2 aromatic heterocycles. The number of alkyl halides is 2. The maximum absolute atomic E-state index is 13.8. The Bertz CT molecular complexity index is 1360. The molecule has 3 aromatic rings. The highest BCUT2D eigenvalue weighted by Crippen LogP contribution is 2.37. The molecule has 3 atom stereocenters. The van der Waals surface area contributed by atoms with Gasteiger partial charge in [-0.05, 0) is 25.8 Å². The van der Waals surface area contributed by atoms with Crippen LogP contribution in [0, 0.1) is 17.1 Å². The van der Waals surface area contributed by atoms with E-state index in [1.807, 2.05) is 6.92 Å². The first kappa shape index (κ1) is 26.5. The molecular formula is C26H31F3N6O2. The molecule has 11 heteroatoms. The maximum Gasteiger partial charge on any atom is 0.387 e. The van der Waals surface area contributed by atoms with E-state index in [1.165, 1.54) is 21.4 Å². The number of fused-ring (bicyclic) bond motifs is 1. The van der Waals surface area contributed by atoms with Gasteiger partial charge in [0.25, 0.3) is 5.56 Å². The lowest BCUT2D eigenvalue weighted by molar-refractivity contribution is -0.0516.